The van der Waals surface area contributed by atoms with Crippen molar-refractivity contribution in [3.8, 4) is 0 Å². The summed E-state index contributed by atoms with van der Waals surface area (Å²) < 4.78 is 2.29. The lowest BCUT2D eigenvalue weighted by Crippen LogP contribution is -2.03. The molecule has 2 N–H and O–H groups in total. The van der Waals surface area contributed by atoms with Crippen LogP contribution in [-0.2, 0) is 0 Å². The van der Waals surface area contributed by atoms with Crippen molar-refractivity contribution in [2.45, 2.75) is 0 Å². The fraction of sp³-hybridized carbons (Fsp3) is 0. The highest BCUT2D eigenvalue weighted by Crippen LogP contribution is 2.04. The van der Waals surface area contributed by atoms with Crippen LogP contribution in [0.2, 0.25) is 0 Å². The molecule has 1 rings (SSSR count). The summed E-state index contributed by atoms with van der Waals surface area (Å²) in [7, 11) is 0. The molecule has 0 bridgehead atoms. The van der Waals surface area contributed by atoms with E-state index in [0.717, 1.165) is 0 Å². The Morgan fingerprint density at radius 1 is 1.44 bits per heavy atom. The van der Waals surface area contributed by atoms with Crippen LogP contribution in [0, 0.1) is 0 Å². The van der Waals surface area contributed by atoms with Gasteiger partial charge >= 0.3 is 0 Å². The van der Waals surface area contributed by atoms with Crippen molar-refractivity contribution in [1.29, 1.82) is 0 Å². The molecule has 1 heterocycles. The van der Waals surface area contributed by atoms with Crippen LogP contribution in [0.4, 0.5) is 0 Å². The first-order chi connectivity index (χ1) is 4.29. The minimum absolute atomic E-state index is 0.436. The van der Waals surface area contributed by atoms with E-state index in [1.54, 1.807) is 0 Å². The van der Waals surface area contributed by atoms with Crippen LogP contribution in [0.15, 0.2) is 24.5 Å². The zero-order valence-corrected chi connectivity index (χ0v) is 6.28. The van der Waals surface area contributed by atoms with Crippen molar-refractivity contribution in [1.82, 2.24) is 3.97 Å². The lowest BCUT2D eigenvalue weighted by Gasteiger charge is -1.95. The summed E-state index contributed by atoms with van der Waals surface area (Å²) in [4.78, 5) is 0. The summed E-state index contributed by atoms with van der Waals surface area (Å²) in [5.41, 5.74) is 5.26. The highest BCUT2D eigenvalue weighted by atomic mass is 32.2. The third-order valence-electron chi connectivity index (χ3n) is 0.772. The third-order valence-corrected chi connectivity index (χ3v) is 1.63. The summed E-state index contributed by atoms with van der Waals surface area (Å²) in [6.45, 7) is 0. The van der Waals surface area contributed by atoms with Gasteiger partial charge in [0.2, 0.25) is 0 Å². The van der Waals surface area contributed by atoms with Gasteiger partial charge in [-0.2, -0.15) is 0 Å². The van der Waals surface area contributed by atoms with E-state index in [-0.39, 0.29) is 0 Å². The van der Waals surface area contributed by atoms with E-state index in [9.17, 15) is 0 Å². The Morgan fingerprint density at radius 2 is 2.00 bits per heavy atom. The number of nitrogens with zero attached hydrogens (tertiary/aromatic N) is 1. The van der Waals surface area contributed by atoms with Crippen LogP contribution in [0.3, 0.4) is 0 Å². The molecule has 0 spiro atoms. The normalized spacial score (nSPS) is 9.33. The van der Waals surface area contributed by atoms with Crippen LogP contribution in [-0.4, -0.2) is 8.29 Å². The van der Waals surface area contributed by atoms with E-state index in [2.05, 4.69) is 12.2 Å². The van der Waals surface area contributed by atoms with Crippen LogP contribution in [0.25, 0.3) is 0 Å². The van der Waals surface area contributed by atoms with Crippen molar-refractivity contribution in [2.75, 3.05) is 0 Å². The van der Waals surface area contributed by atoms with E-state index in [0.29, 0.717) is 4.32 Å². The molecule has 4 heteroatoms. The quantitative estimate of drug-likeness (QED) is 0.624. The smallest absolute Gasteiger partial charge is 0.152 e. The van der Waals surface area contributed by atoms with Crippen LogP contribution in [0.5, 0.6) is 0 Å². The minimum Gasteiger partial charge on any atom is -0.383 e. The molecular weight excluding hydrogens is 152 g/mol. The van der Waals surface area contributed by atoms with Gasteiger partial charge in [0.15, 0.2) is 4.32 Å². The molecule has 0 aliphatic carbocycles. The number of thiocarbonyl (C=S) groups is 1. The summed E-state index contributed by atoms with van der Waals surface area (Å²) in [6.07, 6.45) is 3.79. The van der Waals surface area contributed by atoms with Gasteiger partial charge in [0.05, 0.1) is 0 Å². The van der Waals surface area contributed by atoms with E-state index in [4.69, 9.17) is 5.73 Å². The molecule has 0 radical (unpaired) electrons. The SMILES string of the molecule is NC(=S)Sn1cccc1. The molecule has 1 aromatic rings. The molecule has 9 heavy (non-hydrogen) atoms. The van der Waals surface area contributed by atoms with Gasteiger partial charge in [-0.3, -0.25) is 3.97 Å². The van der Waals surface area contributed by atoms with Gasteiger partial charge in [-0.1, -0.05) is 12.2 Å². The zero-order valence-electron chi connectivity index (χ0n) is 4.65. The topological polar surface area (TPSA) is 30.9 Å². The second-order valence-corrected chi connectivity index (χ2v) is 3.20. The molecule has 0 aromatic carbocycles. The summed E-state index contributed by atoms with van der Waals surface area (Å²) in [6, 6.07) is 3.84. The van der Waals surface area contributed by atoms with Gasteiger partial charge in [0.1, 0.15) is 0 Å². The van der Waals surface area contributed by atoms with Gasteiger partial charge in [0, 0.05) is 24.3 Å². The number of aromatic nitrogens is 1. The van der Waals surface area contributed by atoms with Crippen LogP contribution < -0.4 is 5.73 Å². The van der Waals surface area contributed by atoms with Gasteiger partial charge in [-0.05, 0) is 12.1 Å². The number of hydrogen-bond donors (Lipinski definition) is 1. The molecule has 0 fully saturated rings. The average molecular weight is 158 g/mol. The molecule has 1 aromatic heterocycles. The minimum atomic E-state index is 0.436. The first-order valence-electron chi connectivity index (χ1n) is 2.40. The van der Waals surface area contributed by atoms with Gasteiger partial charge in [-0.25, -0.2) is 0 Å². The summed E-state index contributed by atoms with van der Waals surface area (Å²) in [5.74, 6) is 0. The molecule has 0 amide bonds. The van der Waals surface area contributed by atoms with Crippen molar-refractivity contribution < 1.29 is 0 Å². The summed E-state index contributed by atoms with van der Waals surface area (Å²) in [5, 5.41) is 0. The maximum Gasteiger partial charge on any atom is 0.152 e. The maximum atomic E-state index is 5.26. The Labute approximate surface area is 63.2 Å². The largest absolute Gasteiger partial charge is 0.383 e. The van der Waals surface area contributed by atoms with E-state index >= 15 is 0 Å². The predicted octanol–water partition coefficient (Wildman–Crippen LogP) is 1.23. The number of nitrogens with two attached hydrogens (primary N) is 1. The van der Waals surface area contributed by atoms with Gasteiger partial charge in [-0.15, -0.1) is 0 Å². The Hall–Kier alpha value is -0.480. The predicted molar refractivity (Wildman–Crippen MR) is 44.2 cm³/mol. The highest BCUT2D eigenvalue weighted by Gasteiger charge is 1.89. The molecule has 2 nitrogen and oxygen atoms in total. The molecule has 48 valence electrons. The van der Waals surface area contributed by atoms with E-state index < -0.39 is 0 Å². The zero-order chi connectivity index (χ0) is 6.69. The Bertz CT molecular complexity index is 193. The van der Waals surface area contributed by atoms with Crippen LogP contribution in [0.1, 0.15) is 0 Å². The fourth-order valence-electron chi connectivity index (χ4n) is 0.483. The Balaban J connectivity index is 2.58. The van der Waals surface area contributed by atoms with E-state index in [1.807, 2.05) is 28.5 Å². The van der Waals surface area contributed by atoms with Crippen molar-refractivity contribution in [3.63, 3.8) is 0 Å². The van der Waals surface area contributed by atoms with Crippen molar-refractivity contribution in [2.24, 2.45) is 5.73 Å². The molecule has 0 atom stereocenters. The molecule has 0 aliphatic heterocycles. The molecule has 0 aliphatic rings. The first-order valence-corrected chi connectivity index (χ1v) is 3.58. The number of rotatable bonds is 1. The molecular formula is C5H6N2S2. The lowest BCUT2D eigenvalue weighted by atomic mass is 10.7. The van der Waals surface area contributed by atoms with E-state index in [1.165, 1.54) is 11.9 Å². The Kier molecular flexibility index (Phi) is 2.13. The second kappa shape index (κ2) is 2.89. The summed E-state index contributed by atoms with van der Waals surface area (Å²) >= 11 is 5.99. The lowest BCUT2D eigenvalue weighted by molar-refractivity contribution is 1.30. The molecule has 0 unspecified atom stereocenters. The third kappa shape index (κ3) is 2.07. The first kappa shape index (κ1) is 6.64. The standard InChI is InChI=1S/C5H6N2S2/c6-5(8)9-7-3-1-2-4-7/h1-4H,(H2,6,8). The maximum absolute atomic E-state index is 5.26. The number of hydrogen-bond acceptors (Lipinski definition) is 2. The van der Waals surface area contributed by atoms with Crippen LogP contribution >= 0.6 is 24.2 Å². The van der Waals surface area contributed by atoms with Crippen molar-refractivity contribution >= 4 is 28.5 Å². The molecule has 0 saturated heterocycles. The fourth-order valence-corrected chi connectivity index (χ4v) is 1.21. The van der Waals surface area contributed by atoms with Crippen molar-refractivity contribution in [3.05, 3.63) is 24.5 Å². The Morgan fingerprint density at radius 3 is 2.44 bits per heavy atom. The molecule has 0 saturated carbocycles. The van der Waals surface area contributed by atoms with Gasteiger partial charge in [0.25, 0.3) is 0 Å². The van der Waals surface area contributed by atoms with Gasteiger partial charge < -0.3 is 5.73 Å². The average Bonchev–Trinajstić information content (AvgIpc) is 2.15. The highest BCUT2D eigenvalue weighted by molar-refractivity contribution is 8.21. The monoisotopic (exact) mass is 158 g/mol. The second-order valence-electron chi connectivity index (χ2n) is 1.45.